The highest BCUT2D eigenvalue weighted by molar-refractivity contribution is 5.28. The Morgan fingerprint density at radius 3 is 3.00 bits per heavy atom. The molecule has 1 aliphatic heterocycles. The third kappa shape index (κ3) is 2.95. The molecule has 88 valence electrons. The van der Waals surface area contributed by atoms with Crippen molar-refractivity contribution in [3.05, 3.63) is 29.6 Å². The molecule has 1 fully saturated rings. The summed E-state index contributed by atoms with van der Waals surface area (Å²) >= 11 is 0. The minimum atomic E-state index is -0.191. The summed E-state index contributed by atoms with van der Waals surface area (Å²) in [5.41, 5.74) is 0.662. The predicted molar refractivity (Wildman–Crippen MR) is 62.3 cm³/mol. The molecular formula is C13H18FNO. The van der Waals surface area contributed by atoms with Crippen molar-refractivity contribution in [3.63, 3.8) is 0 Å². The largest absolute Gasteiger partial charge is 0.490 e. The standard InChI is InChI=1S/C13H18FNO/c1-10-4-5-12(9-13(10)14)16-11-3-2-7-15-8-6-11/h4-5,9,11,15H,2-3,6-8H2,1H3. The van der Waals surface area contributed by atoms with E-state index in [1.165, 1.54) is 6.07 Å². The summed E-state index contributed by atoms with van der Waals surface area (Å²) in [4.78, 5) is 0. The van der Waals surface area contributed by atoms with Crippen LogP contribution >= 0.6 is 0 Å². The van der Waals surface area contributed by atoms with E-state index >= 15 is 0 Å². The Labute approximate surface area is 95.8 Å². The van der Waals surface area contributed by atoms with Gasteiger partial charge in [-0.15, -0.1) is 0 Å². The number of halogens is 1. The molecule has 1 aromatic rings. The van der Waals surface area contributed by atoms with Crippen molar-refractivity contribution in [2.45, 2.75) is 32.3 Å². The average Bonchev–Trinajstić information content (AvgIpc) is 2.52. The number of rotatable bonds is 2. The highest BCUT2D eigenvalue weighted by Gasteiger charge is 2.13. The van der Waals surface area contributed by atoms with Crippen LogP contribution in [0.4, 0.5) is 4.39 Å². The van der Waals surface area contributed by atoms with Gasteiger partial charge in [0.1, 0.15) is 11.6 Å². The smallest absolute Gasteiger partial charge is 0.129 e. The maximum Gasteiger partial charge on any atom is 0.129 e. The zero-order valence-corrected chi connectivity index (χ0v) is 9.63. The lowest BCUT2D eigenvalue weighted by molar-refractivity contribution is 0.187. The van der Waals surface area contributed by atoms with Crippen molar-refractivity contribution >= 4 is 0 Å². The van der Waals surface area contributed by atoms with Crippen molar-refractivity contribution in [3.8, 4) is 5.75 Å². The molecular weight excluding hydrogens is 205 g/mol. The molecule has 1 N–H and O–H groups in total. The highest BCUT2D eigenvalue weighted by Crippen LogP contribution is 2.20. The molecule has 1 aliphatic rings. The molecule has 1 unspecified atom stereocenters. The fraction of sp³-hybridized carbons (Fsp3) is 0.538. The van der Waals surface area contributed by atoms with E-state index in [4.69, 9.17) is 4.74 Å². The predicted octanol–water partition coefficient (Wildman–Crippen LogP) is 2.66. The molecule has 0 aliphatic carbocycles. The lowest BCUT2D eigenvalue weighted by Gasteiger charge is -2.16. The SMILES string of the molecule is Cc1ccc(OC2CCCNCC2)cc1F. The molecule has 1 saturated heterocycles. The van der Waals surface area contributed by atoms with Crippen LogP contribution < -0.4 is 10.1 Å². The van der Waals surface area contributed by atoms with Crippen LogP contribution in [0, 0.1) is 12.7 Å². The molecule has 0 spiro atoms. The van der Waals surface area contributed by atoms with E-state index in [9.17, 15) is 4.39 Å². The molecule has 1 heterocycles. The maximum atomic E-state index is 13.3. The van der Waals surface area contributed by atoms with Crippen molar-refractivity contribution in [1.29, 1.82) is 0 Å². The Morgan fingerprint density at radius 1 is 1.31 bits per heavy atom. The van der Waals surface area contributed by atoms with Gasteiger partial charge in [0.15, 0.2) is 0 Å². The topological polar surface area (TPSA) is 21.3 Å². The van der Waals surface area contributed by atoms with Gasteiger partial charge in [-0.1, -0.05) is 6.07 Å². The number of hydrogen-bond donors (Lipinski definition) is 1. The van der Waals surface area contributed by atoms with Crippen LogP contribution in [0.2, 0.25) is 0 Å². The van der Waals surface area contributed by atoms with E-state index in [2.05, 4.69) is 5.32 Å². The lowest BCUT2D eigenvalue weighted by atomic mass is 10.1. The molecule has 0 saturated carbocycles. The van der Waals surface area contributed by atoms with Gasteiger partial charge in [-0.05, 0) is 50.9 Å². The van der Waals surface area contributed by atoms with Gasteiger partial charge in [0.05, 0.1) is 6.10 Å². The fourth-order valence-corrected chi connectivity index (χ4v) is 1.94. The van der Waals surface area contributed by atoms with Gasteiger partial charge in [0, 0.05) is 6.07 Å². The number of nitrogens with one attached hydrogen (secondary N) is 1. The van der Waals surface area contributed by atoms with Crippen molar-refractivity contribution in [2.24, 2.45) is 0 Å². The summed E-state index contributed by atoms with van der Waals surface area (Å²) in [5, 5.41) is 3.33. The highest BCUT2D eigenvalue weighted by atomic mass is 19.1. The first-order chi connectivity index (χ1) is 7.75. The van der Waals surface area contributed by atoms with Crippen molar-refractivity contribution in [1.82, 2.24) is 5.32 Å². The molecule has 0 aromatic heterocycles. The zero-order chi connectivity index (χ0) is 11.4. The lowest BCUT2D eigenvalue weighted by Crippen LogP contribution is -2.19. The van der Waals surface area contributed by atoms with Crippen molar-refractivity contribution < 1.29 is 9.13 Å². The van der Waals surface area contributed by atoms with E-state index in [0.29, 0.717) is 11.3 Å². The molecule has 1 aromatic carbocycles. The first-order valence-electron chi connectivity index (χ1n) is 5.89. The summed E-state index contributed by atoms with van der Waals surface area (Å²) in [6.07, 6.45) is 3.38. The quantitative estimate of drug-likeness (QED) is 0.832. The van der Waals surface area contributed by atoms with Gasteiger partial charge in [-0.2, -0.15) is 0 Å². The van der Waals surface area contributed by atoms with Crippen LogP contribution in [-0.4, -0.2) is 19.2 Å². The van der Waals surface area contributed by atoms with E-state index in [1.807, 2.05) is 6.07 Å². The molecule has 0 bridgehead atoms. The van der Waals surface area contributed by atoms with Gasteiger partial charge >= 0.3 is 0 Å². The molecule has 2 rings (SSSR count). The van der Waals surface area contributed by atoms with Crippen LogP contribution in [0.15, 0.2) is 18.2 Å². The van der Waals surface area contributed by atoms with E-state index in [-0.39, 0.29) is 11.9 Å². The average molecular weight is 223 g/mol. The number of aryl methyl sites for hydroxylation is 1. The normalized spacial score (nSPS) is 21.5. The third-order valence-corrected chi connectivity index (χ3v) is 2.97. The second-order valence-electron chi connectivity index (χ2n) is 4.33. The van der Waals surface area contributed by atoms with E-state index < -0.39 is 0 Å². The van der Waals surface area contributed by atoms with Gasteiger partial charge in [0.25, 0.3) is 0 Å². The van der Waals surface area contributed by atoms with Crippen LogP contribution in [0.1, 0.15) is 24.8 Å². The van der Waals surface area contributed by atoms with Crippen LogP contribution in [-0.2, 0) is 0 Å². The molecule has 1 atom stereocenters. The van der Waals surface area contributed by atoms with Gasteiger partial charge in [-0.3, -0.25) is 0 Å². The molecule has 3 heteroatoms. The summed E-state index contributed by atoms with van der Waals surface area (Å²) < 4.78 is 19.1. The maximum absolute atomic E-state index is 13.3. The van der Waals surface area contributed by atoms with Gasteiger partial charge < -0.3 is 10.1 Å². The Balaban J connectivity index is 1.99. The second kappa shape index (κ2) is 5.30. The van der Waals surface area contributed by atoms with Crippen LogP contribution in [0.5, 0.6) is 5.75 Å². The van der Waals surface area contributed by atoms with Crippen LogP contribution in [0.25, 0.3) is 0 Å². The van der Waals surface area contributed by atoms with Crippen LogP contribution in [0.3, 0.4) is 0 Å². The Morgan fingerprint density at radius 2 is 2.19 bits per heavy atom. The number of ether oxygens (including phenoxy) is 1. The van der Waals surface area contributed by atoms with E-state index in [1.54, 1.807) is 13.0 Å². The third-order valence-electron chi connectivity index (χ3n) is 2.97. The first-order valence-corrected chi connectivity index (χ1v) is 5.89. The Bertz CT molecular complexity index is 346. The molecule has 0 amide bonds. The minimum absolute atomic E-state index is 0.191. The summed E-state index contributed by atoms with van der Waals surface area (Å²) in [6.45, 7) is 3.80. The summed E-state index contributed by atoms with van der Waals surface area (Å²) in [6, 6.07) is 5.09. The van der Waals surface area contributed by atoms with Crippen molar-refractivity contribution in [2.75, 3.05) is 13.1 Å². The van der Waals surface area contributed by atoms with Gasteiger partial charge in [0.2, 0.25) is 0 Å². The minimum Gasteiger partial charge on any atom is -0.490 e. The zero-order valence-electron chi connectivity index (χ0n) is 9.63. The Kier molecular flexibility index (Phi) is 3.78. The molecule has 2 nitrogen and oxygen atoms in total. The molecule has 0 radical (unpaired) electrons. The van der Waals surface area contributed by atoms with Gasteiger partial charge in [-0.25, -0.2) is 4.39 Å². The Hall–Kier alpha value is -1.09. The molecule has 16 heavy (non-hydrogen) atoms. The number of hydrogen-bond acceptors (Lipinski definition) is 2. The first kappa shape index (κ1) is 11.4. The monoisotopic (exact) mass is 223 g/mol. The summed E-state index contributed by atoms with van der Waals surface area (Å²) in [5.74, 6) is 0.458. The fourth-order valence-electron chi connectivity index (χ4n) is 1.94. The second-order valence-corrected chi connectivity index (χ2v) is 4.33. The summed E-state index contributed by atoms with van der Waals surface area (Å²) in [7, 11) is 0. The van der Waals surface area contributed by atoms with E-state index in [0.717, 1.165) is 32.4 Å². The number of benzene rings is 1.